The molecule has 0 aliphatic heterocycles. The summed E-state index contributed by atoms with van der Waals surface area (Å²) in [6.07, 6.45) is 2.56. The first kappa shape index (κ1) is 17.9. The number of hydrogen-bond donors (Lipinski definition) is 0. The number of hydrogen-bond acceptors (Lipinski definition) is 4. The van der Waals surface area contributed by atoms with Crippen LogP contribution in [0.15, 0.2) is 83.4 Å². The molecule has 0 amide bonds. The summed E-state index contributed by atoms with van der Waals surface area (Å²) in [5.74, 6) is 0.546. The highest BCUT2D eigenvalue weighted by atomic mass is 16.4. The SMILES string of the molecule is Cc1cccc(-c2cnc(C(=O)CCc3ccc(-c4ccccc4)cc3)o2)n1. The lowest BCUT2D eigenvalue weighted by Gasteiger charge is -2.04. The fourth-order valence-corrected chi connectivity index (χ4v) is 3.06. The minimum atomic E-state index is -0.106. The maximum Gasteiger partial charge on any atom is 0.263 e. The van der Waals surface area contributed by atoms with Gasteiger partial charge in [-0.05, 0) is 42.2 Å². The van der Waals surface area contributed by atoms with Crippen molar-refractivity contribution >= 4 is 5.78 Å². The topological polar surface area (TPSA) is 56.0 Å². The first-order valence-corrected chi connectivity index (χ1v) is 9.26. The van der Waals surface area contributed by atoms with Gasteiger partial charge in [-0.25, -0.2) is 9.97 Å². The summed E-state index contributed by atoms with van der Waals surface area (Å²) in [6.45, 7) is 1.91. The van der Waals surface area contributed by atoms with Gasteiger partial charge in [-0.2, -0.15) is 0 Å². The molecule has 4 heteroatoms. The third kappa shape index (κ3) is 4.07. The van der Waals surface area contributed by atoms with Crippen molar-refractivity contribution in [2.24, 2.45) is 0 Å². The van der Waals surface area contributed by atoms with E-state index in [4.69, 9.17) is 4.42 Å². The molecule has 0 saturated carbocycles. The maximum atomic E-state index is 12.4. The second-order valence-corrected chi connectivity index (χ2v) is 6.68. The Labute approximate surface area is 163 Å². The van der Waals surface area contributed by atoms with Crippen LogP contribution in [0.4, 0.5) is 0 Å². The van der Waals surface area contributed by atoms with E-state index < -0.39 is 0 Å². The Morgan fingerprint density at radius 3 is 2.39 bits per heavy atom. The third-order valence-electron chi connectivity index (χ3n) is 4.59. The van der Waals surface area contributed by atoms with Crippen molar-refractivity contribution in [2.75, 3.05) is 0 Å². The van der Waals surface area contributed by atoms with E-state index in [1.165, 1.54) is 11.1 Å². The average molecular weight is 368 g/mol. The van der Waals surface area contributed by atoms with Crippen LogP contribution in [0, 0.1) is 6.92 Å². The summed E-state index contributed by atoms with van der Waals surface area (Å²) in [4.78, 5) is 21.0. The second-order valence-electron chi connectivity index (χ2n) is 6.68. The van der Waals surface area contributed by atoms with Crippen LogP contribution in [0.3, 0.4) is 0 Å². The minimum Gasteiger partial charge on any atom is -0.432 e. The number of nitrogens with zero attached hydrogens (tertiary/aromatic N) is 2. The number of benzene rings is 2. The number of carbonyl (C=O) groups is 1. The van der Waals surface area contributed by atoms with Gasteiger partial charge in [0.25, 0.3) is 5.89 Å². The van der Waals surface area contributed by atoms with E-state index in [9.17, 15) is 4.79 Å². The lowest BCUT2D eigenvalue weighted by Crippen LogP contribution is -2.01. The molecule has 0 aliphatic carbocycles. The van der Waals surface area contributed by atoms with E-state index >= 15 is 0 Å². The van der Waals surface area contributed by atoms with E-state index in [1.54, 1.807) is 6.20 Å². The molecule has 0 radical (unpaired) electrons. The summed E-state index contributed by atoms with van der Waals surface area (Å²) >= 11 is 0. The quantitative estimate of drug-likeness (QED) is 0.420. The molecule has 0 unspecified atom stereocenters. The highest BCUT2D eigenvalue weighted by Gasteiger charge is 2.15. The first-order valence-electron chi connectivity index (χ1n) is 9.26. The van der Waals surface area contributed by atoms with Crippen LogP contribution in [0.25, 0.3) is 22.6 Å². The van der Waals surface area contributed by atoms with E-state index in [-0.39, 0.29) is 11.7 Å². The number of Topliss-reactive ketones (excluding diaryl/α,β-unsaturated/α-hetero) is 1. The molecule has 4 nitrogen and oxygen atoms in total. The van der Waals surface area contributed by atoms with Gasteiger partial charge in [0.05, 0.1) is 6.20 Å². The molecular weight excluding hydrogens is 348 g/mol. The predicted molar refractivity (Wildman–Crippen MR) is 109 cm³/mol. The van der Waals surface area contributed by atoms with Crippen LogP contribution >= 0.6 is 0 Å². The fraction of sp³-hybridized carbons (Fsp3) is 0.125. The molecule has 0 aliphatic rings. The molecule has 4 rings (SSSR count). The van der Waals surface area contributed by atoms with Gasteiger partial charge < -0.3 is 4.42 Å². The van der Waals surface area contributed by atoms with Crippen molar-refractivity contribution in [1.82, 2.24) is 9.97 Å². The van der Waals surface area contributed by atoms with E-state index in [0.29, 0.717) is 24.3 Å². The third-order valence-corrected chi connectivity index (χ3v) is 4.59. The number of oxazole rings is 1. The summed E-state index contributed by atoms with van der Waals surface area (Å²) in [5.41, 5.74) is 5.03. The molecular formula is C24H20N2O2. The van der Waals surface area contributed by atoms with Crippen molar-refractivity contribution in [1.29, 1.82) is 0 Å². The number of rotatable bonds is 6. The zero-order valence-corrected chi connectivity index (χ0v) is 15.6. The number of pyridine rings is 1. The Hall–Kier alpha value is -3.53. The molecule has 2 aromatic carbocycles. The molecule has 0 saturated heterocycles. The summed E-state index contributed by atoms with van der Waals surface area (Å²) in [6, 6.07) is 24.2. The zero-order valence-electron chi connectivity index (χ0n) is 15.6. The average Bonchev–Trinajstić information content (AvgIpc) is 3.24. The number of aromatic nitrogens is 2. The predicted octanol–water partition coefficient (Wildman–Crippen LogP) is 5.53. The molecule has 2 aromatic heterocycles. The number of aryl methyl sites for hydroxylation is 2. The molecule has 138 valence electrons. The van der Waals surface area contributed by atoms with Crippen molar-refractivity contribution in [3.8, 4) is 22.6 Å². The fourth-order valence-electron chi connectivity index (χ4n) is 3.06. The van der Waals surface area contributed by atoms with Crippen LogP contribution in [0.1, 0.15) is 28.4 Å². The van der Waals surface area contributed by atoms with Gasteiger partial charge in [0.15, 0.2) is 5.76 Å². The zero-order chi connectivity index (χ0) is 19.3. The molecule has 2 heterocycles. The molecule has 0 atom stereocenters. The van der Waals surface area contributed by atoms with Crippen molar-refractivity contribution in [2.45, 2.75) is 19.8 Å². The molecule has 0 spiro atoms. The van der Waals surface area contributed by atoms with Gasteiger partial charge in [-0.15, -0.1) is 0 Å². The van der Waals surface area contributed by atoms with Gasteiger partial charge in [0, 0.05) is 12.1 Å². The first-order chi connectivity index (χ1) is 13.7. The Morgan fingerprint density at radius 2 is 1.64 bits per heavy atom. The Kier molecular flexibility index (Phi) is 5.11. The van der Waals surface area contributed by atoms with Crippen molar-refractivity contribution in [3.63, 3.8) is 0 Å². The normalized spacial score (nSPS) is 10.8. The van der Waals surface area contributed by atoms with Crippen LogP contribution in [0.5, 0.6) is 0 Å². The van der Waals surface area contributed by atoms with Gasteiger partial charge in [0.2, 0.25) is 5.78 Å². The van der Waals surface area contributed by atoms with Crippen LogP contribution in [-0.2, 0) is 6.42 Å². The minimum absolute atomic E-state index is 0.106. The van der Waals surface area contributed by atoms with E-state index in [1.807, 2.05) is 43.3 Å². The lowest BCUT2D eigenvalue weighted by atomic mass is 10.0. The number of carbonyl (C=O) groups excluding carboxylic acids is 1. The van der Waals surface area contributed by atoms with Gasteiger partial charge in [0.1, 0.15) is 5.69 Å². The molecule has 0 fully saturated rings. The maximum absolute atomic E-state index is 12.4. The van der Waals surface area contributed by atoms with Crippen LogP contribution in [-0.4, -0.2) is 15.8 Å². The van der Waals surface area contributed by atoms with Crippen LogP contribution < -0.4 is 0 Å². The van der Waals surface area contributed by atoms with Crippen molar-refractivity contribution in [3.05, 3.63) is 96.1 Å². The highest BCUT2D eigenvalue weighted by Crippen LogP contribution is 2.21. The summed E-state index contributed by atoms with van der Waals surface area (Å²) in [7, 11) is 0. The highest BCUT2D eigenvalue weighted by molar-refractivity contribution is 5.92. The smallest absolute Gasteiger partial charge is 0.263 e. The van der Waals surface area contributed by atoms with Crippen molar-refractivity contribution < 1.29 is 9.21 Å². The van der Waals surface area contributed by atoms with Gasteiger partial charge in [-0.1, -0.05) is 60.7 Å². The second kappa shape index (κ2) is 8.01. The number of ketones is 1. The van der Waals surface area contributed by atoms with Gasteiger partial charge >= 0.3 is 0 Å². The molecule has 0 N–H and O–H groups in total. The lowest BCUT2D eigenvalue weighted by molar-refractivity contribution is 0.0950. The van der Waals surface area contributed by atoms with E-state index in [0.717, 1.165) is 11.3 Å². The Bertz CT molecular complexity index is 1080. The molecule has 4 aromatic rings. The monoisotopic (exact) mass is 368 g/mol. The summed E-state index contributed by atoms with van der Waals surface area (Å²) < 4.78 is 5.63. The summed E-state index contributed by atoms with van der Waals surface area (Å²) in [5, 5.41) is 0. The van der Waals surface area contributed by atoms with E-state index in [2.05, 4.69) is 46.4 Å². The molecule has 0 bridgehead atoms. The van der Waals surface area contributed by atoms with Gasteiger partial charge in [-0.3, -0.25) is 4.79 Å². The Balaban J connectivity index is 1.39. The Morgan fingerprint density at radius 1 is 0.893 bits per heavy atom. The standard InChI is InChI=1S/C24H20N2O2/c1-17-6-5-9-21(26-17)23-16-25-24(28-23)22(27)15-12-18-10-13-20(14-11-18)19-7-3-2-4-8-19/h2-11,13-14,16H,12,15H2,1H3. The molecule has 28 heavy (non-hydrogen) atoms. The van der Waals surface area contributed by atoms with Crippen LogP contribution in [0.2, 0.25) is 0 Å². The largest absolute Gasteiger partial charge is 0.432 e.